The van der Waals surface area contributed by atoms with E-state index in [4.69, 9.17) is 4.74 Å². The molecule has 0 spiro atoms. The summed E-state index contributed by atoms with van der Waals surface area (Å²) in [5.41, 5.74) is 1.64. The van der Waals surface area contributed by atoms with Crippen LogP contribution in [0.5, 0.6) is 0 Å². The molecule has 0 aromatic carbocycles. The first kappa shape index (κ1) is 9.34. The molecular weight excluding hydrogens is 178 g/mol. The van der Waals surface area contributed by atoms with Crippen LogP contribution in [0.2, 0.25) is 0 Å². The van der Waals surface area contributed by atoms with Crippen LogP contribution >= 0.6 is 0 Å². The summed E-state index contributed by atoms with van der Waals surface area (Å²) >= 11 is 0. The molecular formula is C11H13NO2. The summed E-state index contributed by atoms with van der Waals surface area (Å²) in [7, 11) is 0. The molecule has 1 aromatic heterocycles. The molecule has 1 aromatic rings. The Morgan fingerprint density at radius 1 is 1.64 bits per heavy atom. The molecule has 14 heavy (non-hydrogen) atoms. The topological polar surface area (TPSA) is 39.2 Å². The van der Waals surface area contributed by atoms with Crippen molar-refractivity contribution in [1.82, 2.24) is 4.98 Å². The Labute approximate surface area is 83.1 Å². The summed E-state index contributed by atoms with van der Waals surface area (Å²) in [5.74, 6) is 0.241. The molecule has 1 aliphatic rings. The van der Waals surface area contributed by atoms with Crippen LogP contribution in [0.15, 0.2) is 18.3 Å². The number of carbonyl (C=O) groups is 1. The first-order chi connectivity index (χ1) is 6.77. The van der Waals surface area contributed by atoms with Gasteiger partial charge in [-0.25, -0.2) is 0 Å². The molecule has 0 radical (unpaired) electrons. The number of Topliss-reactive ketones (excluding diaryl/α,β-unsaturated/α-hetero) is 1. The van der Waals surface area contributed by atoms with Gasteiger partial charge in [-0.3, -0.25) is 9.78 Å². The maximum absolute atomic E-state index is 11.9. The highest BCUT2D eigenvalue weighted by molar-refractivity contribution is 5.98. The molecule has 0 bridgehead atoms. The lowest BCUT2D eigenvalue weighted by Crippen LogP contribution is -2.14. The lowest BCUT2D eigenvalue weighted by Gasteiger charge is -2.06. The number of rotatable bonds is 2. The number of carbonyl (C=O) groups excluding carboxylic acids is 1. The van der Waals surface area contributed by atoms with Crippen molar-refractivity contribution in [1.29, 1.82) is 0 Å². The van der Waals surface area contributed by atoms with Crippen LogP contribution in [0.1, 0.15) is 22.5 Å². The van der Waals surface area contributed by atoms with Gasteiger partial charge < -0.3 is 4.74 Å². The van der Waals surface area contributed by atoms with E-state index in [9.17, 15) is 4.79 Å². The van der Waals surface area contributed by atoms with Crippen molar-refractivity contribution in [3.8, 4) is 0 Å². The molecule has 1 atom stereocenters. The molecule has 1 saturated heterocycles. The Hall–Kier alpha value is -1.22. The molecule has 0 amide bonds. The van der Waals surface area contributed by atoms with Gasteiger partial charge in [0.05, 0.1) is 6.61 Å². The quantitative estimate of drug-likeness (QED) is 0.667. The summed E-state index contributed by atoms with van der Waals surface area (Å²) in [5, 5.41) is 0. The highest BCUT2D eigenvalue weighted by Gasteiger charge is 2.24. The molecule has 0 aliphatic carbocycles. The van der Waals surface area contributed by atoms with E-state index < -0.39 is 0 Å². The van der Waals surface area contributed by atoms with E-state index in [1.54, 1.807) is 12.3 Å². The third kappa shape index (κ3) is 1.82. The highest BCUT2D eigenvalue weighted by atomic mass is 16.5. The zero-order chi connectivity index (χ0) is 9.97. The number of ether oxygens (including phenoxy) is 1. The SMILES string of the molecule is Cc1cc(C(=O)C2CCOC2)ccn1. The maximum Gasteiger partial charge on any atom is 0.168 e. The third-order valence-electron chi connectivity index (χ3n) is 2.48. The Morgan fingerprint density at radius 2 is 2.50 bits per heavy atom. The standard InChI is InChI=1S/C11H13NO2/c1-8-6-9(2-4-12-8)11(13)10-3-5-14-7-10/h2,4,6,10H,3,5,7H2,1H3. The number of hydrogen-bond donors (Lipinski definition) is 0. The maximum atomic E-state index is 11.9. The van der Waals surface area contributed by atoms with Gasteiger partial charge in [0.15, 0.2) is 5.78 Å². The van der Waals surface area contributed by atoms with Gasteiger partial charge in [-0.2, -0.15) is 0 Å². The smallest absolute Gasteiger partial charge is 0.168 e. The monoisotopic (exact) mass is 191 g/mol. The van der Waals surface area contributed by atoms with E-state index in [2.05, 4.69) is 4.98 Å². The average molecular weight is 191 g/mol. The fourth-order valence-corrected chi connectivity index (χ4v) is 1.68. The minimum Gasteiger partial charge on any atom is -0.381 e. The Balaban J connectivity index is 2.17. The van der Waals surface area contributed by atoms with Crippen LogP contribution < -0.4 is 0 Å². The number of hydrogen-bond acceptors (Lipinski definition) is 3. The van der Waals surface area contributed by atoms with Gasteiger partial charge in [0.25, 0.3) is 0 Å². The zero-order valence-electron chi connectivity index (χ0n) is 8.19. The number of pyridine rings is 1. The van der Waals surface area contributed by atoms with Crippen molar-refractivity contribution in [3.05, 3.63) is 29.6 Å². The molecule has 3 nitrogen and oxygen atoms in total. The van der Waals surface area contributed by atoms with E-state index in [0.29, 0.717) is 13.2 Å². The number of nitrogens with zero attached hydrogens (tertiary/aromatic N) is 1. The van der Waals surface area contributed by atoms with Gasteiger partial charge in [0, 0.05) is 30.0 Å². The number of aryl methyl sites for hydroxylation is 1. The molecule has 2 heterocycles. The third-order valence-corrected chi connectivity index (χ3v) is 2.48. The van der Waals surface area contributed by atoms with E-state index in [1.807, 2.05) is 13.0 Å². The Morgan fingerprint density at radius 3 is 3.14 bits per heavy atom. The molecule has 1 unspecified atom stereocenters. The van der Waals surface area contributed by atoms with E-state index >= 15 is 0 Å². The molecule has 74 valence electrons. The van der Waals surface area contributed by atoms with Gasteiger partial charge in [-0.1, -0.05) is 0 Å². The van der Waals surface area contributed by atoms with Crippen LogP contribution in [0.25, 0.3) is 0 Å². The van der Waals surface area contributed by atoms with Gasteiger partial charge in [0.1, 0.15) is 0 Å². The van der Waals surface area contributed by atoms with Gasteiger partial charge in [0.2, 0.25) is 0 Å². The van der Waals surface area contributed by atoms with Crippen LogP contribution in [-0.4, -0.2) is 24.0 Å². The van der Waals surface area contributed by atoms with Crippen molar-refractivity contribution in [2.75, 3.05) is 13.2 Å². The van der Waals surface area contributed by atoms with Gasteiger partial charge in [-0.05, 0) is 25.5 Å². The highest BCUT2D eigenvalue weighted by Crippen LogP contribution is 2.18. The fourth-order valence-electron chi connectivity index (χ4n) is 1.68. The minimum absolute atomic E-state index is 0.0526. The molecule has 3 heteroatoms. The second kappa shape index (κ2) is 3.88. The Bertz CT molecular complexity index is 343. The fraction of sp³-hybridized carbons (Fsp3) is 0.455. The largest absolute Gasteiger partial charge is 0.381 e. The minimum atomic E-state index is 0.0526. The van der Waals surface area contributed by atoms with Crippen LogP contribution in [-0.2, 0) is 4.74 Å². The molecule has 1 aliphatic heterocycles. The van der Waals surface area contributed by atoms with Crippen LogP contribution in [0, 0.1) is 12.8 Å². The Kier molecular flexibility index (Phi) is 2.59. The second-order valence-electron chi connectivity index (χ2n) is 3.61. The molecule has 0 saturated carbocycles. The van der Waals surface area contributed by atoms with Crippen molar-refractivity contribution in [2.45, 2.75) is 13.3 Å². The zero-order valence-corrected chi connectivity index (χ0v) is 8.19. The molecule has 1 fully saturated rings. The van der Waals surface area contributed by atoms with Crippen LogP contribution in [0.4, 0.5) is 0 Å². The first-order valence-corrected chi connectivity index (χ1v) is 4.82. The van der Waals surface area contributed by atoms with Crippen molar-refractivity contribution < 1.29 is 9.53 Å². The molecule has 2 rings (SSSR count). The summed E-state index contributed by atoms with van der Waals surface area (Å²) in [6.07, 6.45) is 2.53. The van der Waals surface area contributed by atoms with E-state index in [1.165, 1.54) is 0 Å². The van der Waals surface area contributed by atoms with Crippen LogP contribution in [0.3, 0.4) is 0 Å². The molecule has 0 N–H and O–H groups in total. The normalized spacial score (nSPS) is 21.1. The van der Waals surface area contributed by atoms with Crippen molar-refractivity contribution in [2.24, 2.45) is 5.92 Å². The van der Waals surface area contributed by atoms with E-state index in [0.717, 1.165) is 17.7 Å². The lowest BCUT2D eigenvalue weighted by molar-refractivity contribution is 0.0900. The summed E-state index contributed by atoms with van der Waals surface area (Å²) < 4.78 is 5.19. The summed E-state index contributed by atoms with van der Waals surface area (Å²) in [6, 6.07) is 3.61. The second-order valence-corrected chi connectivity index (χ2v) is 3.61. The van der Waals surface area contributed by atoms with Gasteiger partial charge >= 0.3 is 0 Å². The average Bonchev–Trinajstić information content (AvgIpc) is 2.69. The first-order valence-electron chi connectivity index (χ1n) is 4.82. The predicted octanol–water partition coefficient (Wildman–Crippen LogP) is 1.61. The predicted molar refractivity (Wildman–Crippen MR) is 52.2 cm³/mol. The number of ketones is 1. The number of aromatic nitrogens is 1. The van der Waals surface area contributed by atoms with E-state index in [-0.39, 0.29) is 11.7 Å². The van der Waals surface area contributed by atoms with Crippen molar-refractivity contribution in [3.63, 3.8) is 0 Å². The summed E-state index contributed by atoms with van der Waals surface area (Å²) in [4.78, 5) is 16.0. The summed E-state index contributed by atoms with van der Waals surface area (Å²) in [6.45, 7) is 3.17. The van der Waals surface area contributed by atoms with Gasteiger partial charge in [-0.15, -0.1) is 0 Å². The lowest BCUT2D eigenvalue weighted by atomic mass is 9.97. The van der Waals surface area contributed by atoms with Crippen molar-refractivity contribution >= 4 is 5.78 Å².